The summed E-state index contributed by atoms with van der Waals surface area (Å²) in [7, 11) is 0. The number of amides is 3. The first-order valence-corrected chi connectivity index (χ1v) is 6.46. The van der Waals surface area contributed by atoms with E-state index < -0.39 is 16.7 Å². The third kappa shape index (κ3) is 5.37. The largest absolute Gasteiger partial charge is 0.355 e. The molecule has 0 aliphatic rings. The normalized spacial score (nSPS) is 9.73. The Bertz CT molecular complexity index is 620. The van der Waals surface area contributed by atoms with Crippen molar-refractivity contribution in [2.75, 3.05) is 18.4 Å². The Morgan fingerprint density at radius 1 is 1.18 bits per heavy atom. The van der Waals surface area contributed by atoms with Gasteiger partial charge >= 0.3 is 11.8 Å². The number of halogens is 1. The summed E-state index contributed by atoms with van der Waals surface area (Å²) in [5, 5.41) is 17.6. The van der Waals surface area contributed by atoms with Crippen molar-refractivity contribution in [3.05, 3.63) is 33.3 Å². The average Bonchev–Trinajstić information content (AvgIpc) is 2.45. The molecule has 1 aromatic carbocycles. The number of nitrogens with zero attached hydrogens (tertiary/aromatic N) is 1. The van der Waals surface area contributed by atoms with Crippen molar-refractivity contribution in [3.63, 3.8) is 0 Å². The van der Waals surface area contributed by atoms with E-state index in [1.807, 2.05) is 0 Å². The number of nitro groups is 1. The van der Waals surface area contributed by atoms with Gasteiger partial charge in [0.15, 0.2) is 0 Å². The minimum Gasteiger partial charge on any atom is -0.355 e. The molecule has 0 aromatic heterocycles. The van der Waals surface area contributed by atoms with E-state index in [9.17, 15) is 24.5 Å². The zero-order valence-corrected chi connectivity index (χ0v) is 12.3. The standard InChI is InChI=1S/C12H13ClN4O5/c1-7(18)14-4-5-15-11(19)12(20)16-10-6-8(17(21)22)2-3-9(10)13/h2-3,6H,4-5H2,1H3,(H,14,18)(H,15,19)(H,16,20). The lowest BCUT2D eigenvalue weighted by Gasteiger charge is -2.08. The molecule has 0 heterocycles. The van der Waals surface area contributed by atoms with Gasteiger partial charge < -0.3 is 16.0 Å². The number of benzene rings is 1. The van der Waals surface area contributed by atoms with Crippen LogP contribution in [0, 0.1) is 10.1 Å². The van der Waals surface area contributed by atoms with Crippen LogP contribution in [-0.2, 0) is 14.4 Å². The van der Waals surface area contributed by atoms with Crippen molar-refractivity contribution >= 4 is 40.7 Å². The Morgan fingerprint density at radius 3 is 2.41 bits per heavy atom. The number of carbonyl (C=O) groups excluding carboxylic acids is 3. The molecule has 118 valence electrons. The smallest absolute Gasteiger partial charge is 0.313 e. The molecule has 0 fully saturated rings. The molecule has 0 radical (unpaired) electrons. The maximum absolute atomic E-state index is 11.6. The highest BCUT2D eigenvalue weighted by Crippen LogP contribution is 2.26. The molecule has 0 atom stereocenters. The highest BCUT2D eigenvalue weighted by molar-refractivity contribution is 6.41. The average molecular weight is 329 g/mol. The van der Waals surface area contributed by atoms with Gasteiger partial charge in [0.1, 0.15) is 0 Å². The third-order valence-electron chi connectivity index (χ3n) is 2.40. The number of hydrogen-bond acceptors (Lipinski definition) is 5. The SMILES string of the molecule is CC(=O)NCCNC(=O)C(=O)Nc1cc([N+](=O)[O-])ccc1Cl. The van der Waals surface area contributed by atoms with Gasteiger partial charge in [-0.05, 0) is 6.07 Å². The maximum atomic E-state index is 11.6. The quantitative estimate of drug-likeness (QED) is 0.312. The molecule has 1 aromatic rings. The molecule has 0 bridgehead atoms. The van der Waals surface area contributed by atoms with Crippen LogP contribution in [0.25, 0.3) is 0 Å². The number of nitro benzene ring substituents is 1. The van der Waals surface area contributed by atoms with Gasteiger partial charge in [-0.2, -0.15) is 0 Å². The number of hydrogen-bond donors (Lipinski definition) is 3. The van der Waals surface area contributed by atoms with Crippen LogP contribution in [0.15, 0.2) is 18.2 Å². The molecule has 0 aliphatic carbocycles. The van der Waals surface area contributed by atoms with Crippen LogP contribution in [0.1, 0.15) is 6.92 Å². The highest BCUT2D eigenvalue weighted by Gasteiger charge is 2.17. The van der Waals surface area contributed by atoms with E-state index in [0.29, 0.717) is 0 Å². The number of non-ortho nitro benzene ring substituents is 1. The summed E-state index contributed by atoms with van der Waals surface area (Å²) in [5.41, 5.74) is -0.316. The number of carbonyl (C=O) groups is 3. The lowest BCUT2D eigenvalue weighted by atomic mass is 10.2. The van der Waals surface area contributed by atoms with Crippen LogP contribution < -0.4 is 16.0 Å². The van der Waals surface area contributed by atoms with Gasteiger partial charge in [-0.15, -0.1) is 0 Å². The molecule has 1 rings (SSSR count). The first-order valence-electron chi connectivity index (χ1n) is 6.09. The van der Waals surface area contributed by atoms with E-state index >= 15 is 0 Å². The van der Waals surface area contributed by atoms with Crippen molar-refractivity contribution in [2.45, 2.75) is 6.92 Å². The van der Waals surface area contributed by atoms with Crippen LogP contribution in [0.2, 0.25) is 5.02 Å². The van der Waals surface area contributed by atoms with Gasteiger partial charge in [-0.1, -0.05) is 11.6 Å². The van der Waals surface area contributed by atoms with Crippen LogP contribution >= 0.6 is 11.6 Å². The van der Waals surface area contributed by atoms with Gasteiger partial charge in [0.25, 0.3) is 5.69 Å². The Labute approximate surface area is 130 Å². The molecule has 3 amide bonds. The van der Waals surface area contributed by atoms with Gasteiger partial charge in [0.05, 0.1) is 15.6 Å². The van der Waals surface area contributed by atoms with Crippen LogP contribution in [0.4, 0.5) is 11.4 Å². The fourth-order valence-electron chi connectivity index (χ4n) is 1.40. The van der Waals surface area contributed by atoms with E-state index in [0.717, 1.165) is 6.07 Å². The monoisotopic (exact) mass is 328 g/mol. The van der Waals surface area contributed by atoms with Crippen molar-refractivity contribution in [2.24, 2.45) is 0 Å². The Balaban J connectivity index is 2.60. The Hall–Kier alpha value is -2.68. The number of nitrogens with one attached hydrogen (secondary N) is 3. The van der Waals surface area contributed by atoms with Gasteiger partial charge in [0, 0.05) is 32.1 Å². The van der Waals surface area contributed by atoms with Crippen molar-refractivity contribution < 1.29 is 19.3 Å². The van der Waals surface area contributed by atoms with E-state index in [1.54, 1.807) is 0 Å². The van der Waals surface area contributed by atoms with Crippen molar-refractivity contribution in [1.82, 2.24) is 10.6 Å². The summed E-state index contributed by atoms with van der Waals surface area (Å²) in [6.45, 7) is 1.55. The third-order valence-corrected chi connectivity index (χ3v) is 2.73. The molecule has 0 saturated carbocycles. The highest BCUT2D eigenvalue weighted by atomic mass is 35.5. The minimum atomic E-state index is -1.02. The molecular formula is C12H13ClN4O5. The number of anilines is 1. The fraction of sp³-hybridized carbons (Fsp3) is 0.250. The molecule has 22 heavy (non-hydrogen) atoms. The summed E-state index contributed by atoms with van der Waals surface area (Å²) >= 11 is 5.79. The Kier molecular flexibility index (Phi) is 6.26. The lowest BCUT2D eigenvalue weighted by molar-refractivity contribution is -0.384. The summed E-state index contributed by atoms with van der Waals surface area (Å²) < 4.78 is 0. The van der Waals surface area contributed by atoms with E-state index in [1.165, 1.54) is 19.1 Å². The zero-order chi connectivity index (χ0) is 16.7. The van der Waals surface area contributed by atoms with Crippen molar-refractivity contribution in [1.29, 1.82) is 0 Å². The molecule has 0 spiro atoms. The first-order chi connectivity index (χ1) is 10.3. The second kappa shape index (κ2) is 7.93. The molecule has 10 heteroatoms. The van der Waals surface area contributed by atoms with Gasteiger partial charge in [0.2, 0.25) is 5.91 Å². The van der Waals surface area contributed by atoms with E-state index in [4.69, 9.17) is 11.6 Å². The van der Waals surface area contributed by atoms with Crippen LogP contribution in [0.3, 0.4) is 0 Å². The molecule has 0 saturated heterocycles. The van der Waals surface area contributed by atoms with E-state index in [-0.39, 0.29) is 35.4 Å². The summed E-state index contributed by atoms with van der Waals surface area (Å²) in [5.74, 6) is -2.24. The number of rotatable bonds is 5. The van der Waals surface area contributed by atoms with Crippen LogP contribution in [0.5, 0.6) is 0 Å². The van der Waals surface area contributed by atoms with Crippen molar-refractivity contribution in [3.8, 4) is 0 Å². The second-order valence-corrected chi connectivity index (χ2v) is 4.52. The van der Waals surface area contributed by atoms with Gasteiger partial charge in [-0.25, -0.2) is 0 Å². The summed E-state index contributed by atoms with van der Waals surface area (Å²) in [6.07, 6.45) is 0. The molecule has 0 aliphatic heterocycles. The molecule has 9 nitrogen and oxygen atoms in total. The first kappa shape index (κ1) is 17.4. The lowest BCUT2D eigenvalue weighted by Crippen LogP contribution is -2.39. The Morgan fingerprint density at radius 2 is 1.82 bits per heavy atom. The topological polar surface area (TPSA) is 130 Å². The predicted octanol–water partition coefficient (Wildman–Crippen LogP) is 0.439. The minimum absolute atomic E-state index is 0.0436. The predicted molar refractivity (Wildman–Crippen MR) is 78.4 cm³/mol. The maximum Gasteiger partial charge on any atom is 0.313 e. The molecule has 0 unspecified atom stereocenters. The van der Waals surface area contributed by atoms with Crippen LogP contribution in [-0.4, -0.2) is 35.7 Å². The van der Waals surface area contributed by atoms with E-state index in [2.05, 4.69) is 16.0 Å². The summed E-state index contributed by atoms with van der Waals surface area (Å²) in [6, 6.07) is 3.46. The summed E-state index contributed by atoms with van der Waals surface area (Å²) in [4.78, 5) is 43.8. The molecular weight excluding hydrogens is 316 g/mol. The fourth-order valence-corrected chi connectivity index (χ4v) is 1.56. The van der Waals surface area contributed by atoms with Gasteiger partial charge in [-0.3, -0.25) is 24.5 Å². The zero-order valence-electron chi connectivity index (χ0n) is 11.5. The second-order valence-electron chi connectivity index (χ2n) is 4.11. The molecule has 3 N–H and O–H groups in total.